The molecule has 0 spiro atoms. The van der Waals surface area contributed by atoms with E-state index in [9.17, 15) is 14.4 Å². The van der Waals surface area contributed by atoms with Crippen LogP contribution in [0.5, 0.6) is 34.5 Å². The Labute approximate surface area is 266 Å². The van der Waals surface area contributed by atoms with Crippen LogP contribution in [0.4, 0.5) is 0 Å². The molecule has 0 fully saturated rings. The van der Waals surface area contributed by atoms with Crippen molar-refractivity contribution in [1.29, 1.82) is 0 Å². The number of methoxy groups -OCH3 is 7. The number of benzene rings is 3. The number of carbonyl (C=O) groups is 3. The molecule has 244 valence electrons. The summed E-state index contributed by atoms with van der Waals surface area (Å²) in [5.41, 5.74) is 2.19. The standard InChI is InChI=1S/C34H36O12/c1-38-22-12-8-19(16-25(22)41-4)17-27(33(36)43-6)45-28(35)15-11-20-9-14-24(40-3)32-29(20)30(34(37)44-7)31(46-32)21-10-13-23(39-2)26(18-21)42-5/h8-16,18,27,30-31H,17H2,1-7H3/b15-11+. The molecule has 0 radical (unpaired) electrons. The van der Waals surface area contributed by atoms with Crippen LogP contribution in [-0.2, 0) is 35.0 Å². The molecule has 0 aromatic heterocycles. The van der Waals surface area contributed by atoms with Crippen molar-refractivity contribution in [3.05, 3.63) is 76.9 Å². The van der Waals surface area contributed by atoms with Crippen LogP contribution in [0.25, 0.3) is 6.08 Å². The predicted octanol–water partition coefficient (Wildman–Crippen LogP) is 4.46. The molecule has 12 heteroatoms. The van der Waals surface area contributed by atoms with Gasteiger partial charge in [0.15, 0.2) is 34.5 Å². The maximum atomic E-state index is 13.3. The molecule has 46 heavy (non-hydrogen) atoms. The van der Waals surface area contributed by atoms with Crippen LogP contribution in [0.1, 0.15) is 34.3 Å². The molecule has 0 amide bonds. The fourth-order valence-corrected chi connectivity index (χ4v) is 5.21. The van der Waals surface area contributed by atoms with Gasteiger partial charge in [0, 0.05) is 18.1 Å². The van der Waals surface area contributed by atoms with E-state index in [2.05, 4.69) is 0 Å². The third-order valence-electron chi connectivity index (χ3n) is 7.45. The van der Waals surface area contributed by atoms with Gasteiger partial charge < -0.3 is 42.6 Å². The van der Waals surface area contributed by atoms with Gasteiger partial charge in [-0.25, -0.2) is 9.59 Å². The van der Waals surface area contributed by atoms with Crippen molar-refractivity contribution in [3.8, 4) is 34.5 Å². The first kappa shape index (κ1) is 33.5. The lowest BCUT2D eigenvalue weighted by Gasteiger charge is -2.19. The van der Waals surface area contributed by atoms with Crippen molar-refractivity contribution in [2.45, 2.75) is 24.5 Å². The molecular weight excluding hydrogens is 600 g/mol. The van der Waals surface area contributed by atoms with Gasteiger partial charge in [0.1, 0.15) is 12.0 Å². The number of esters is 3. The zero-order valence-corrected chi connectivity index (χ0v) is 26.6. The lowest BCUT2D eigenvalue weighted by molar-refractivity contribution is -0.162. The Morgan fingerprint density at radius 3 is 1.96 bits per heavy atom. The Kier molecular flexibility index (Phi) is 11.0. The number of hydrogen-bond acceptors (Lipinski definition) is 12. The fourth-order valence-electron chi connectivity index (χ4n) is 5.21. The van der Waals surface area contributed by atoms with Gasteiger partial charge in [-0.1, -0.05) is 18.2 Å². The Morgan fingerprint density at radius 1 is 0.739 bits per heavy atom. The molecule has 0 saturated carbocycles. The quantitative estimate of drug-likeness (QED) is 0.149. The Hall–Kier alpha value is -5.39. The van der Waals surface area contributed by atoms with Crippen LogP contribution in [0.15, 0.2) is 54.6 Å². The zero-order valence-electron chi connectivity index (χ0n) is 26.6. The number of fused-ring (bicyclic) bond motifs is 1. The van der Waals surface area contributed by atoms with Crippen molar-refractivity contribution in [2.24, 2.45) is 0 Å². The van der Waals surface area contributed by atoms with Crippen molar-refractivity contribution >= 4 is 24.0 Å². The highest BCUT2D eigenvalue weighted by Crippen LogP contribution is 2.53. The highest BCUT2D eigenvalue weighted by atomic mass is 16.6. The molecule has 12 nitrogen and oxygen atoms in total. The first-order chi connectivity index (χ1) is 22.2. The summed E-state index contributed by atoms with van der Waals surface area (Å²) in [6.45, 7) is 0. The van der Waals surface area contributed by atoms with Gasteiger partial charge in [-0.05, 0) is 53.1 Å². The summed E-state index contributed by atoms with van der Waals surface area (Å²) in [5.74, 6) is -0.432. The van der Waals surface area contributed by atoms with Crippen LogP contribution in [0.3, 0.4) is 0 Å². The molecule has 1 aliphatic heterocycles. The van der Waals surface area contributed by atoms with Crippen molar-refractivity contribution in [2.75, 3.05) is 49.8 Å². The average Bonchev–Trinajstić information content (AvgIpc) is 3.50. The third-order valence-corrected chi connectivity index (χ3v) is 7.45. The molecule has 0 bridgehead atoms. The Balaban J connectivity index is 1.65. The van der Waals surface area contributed by atoms with E-state index in [4.69, 9.17) is 42.6 Å². The molecule has 1 heterocycles. The van der Waals surface area contributed by atoms with Crippen LogP contribution in [-0.4, -0.2) is 73.8 Å². The molecular formula is C34H36O12. The molecule has 0 N–H and O–H groups in total. The van der Waals surface area contributed by atoms with Gasteiger partial charge in [0.25, 0.3) is 0 Å². The normalized spacial score (nSPS) is 15.6. The van der Waals surface area contributed by atoms with E-state index in [1.807, 2.05) is 0 Å². The predicted molar refractivity (Wildman–Crippen MR) is 165 cm³/mol. The number of rotatable bonds is 13. The maximum absolute atomic E-state index is 13.3. The van der Waals surface area contributed by atoms with Gasteiger partial charge in [0.2, 0.25) is 6.10 Å². The minimum atomic E-state index is -1.25. The number of carbonyl (C=O) groups excluding carboxylic acids is 3. The summed E-state index contributed by atoms with van der Waals surface area (Å²) >= 11 is 0. The summed E-state index contributed by atoms with van der Waals surface area (Å²) in [5, 5.41) is 0. The van der Waals surface area contributed by atoms with Gasteiger partial charge in [-0.3, -0.25) is 4.79 Å². The van der Waals surface area contributed by atoms with Gasteiger partial charge >= 0.3 is 17.9 Å². The minimum Gasteiger partial charge on any atom is -0.493 e. The maximum Gasteiger partial charge on any atom is 0.347 e. The van der Waals surface area contributed by atoms with E-state index < -0.39 is 36.0 Å². The van der Waals surface area contributed by atoms with Crippen LogP contribution in [0.2, 0.25) is 0 Å². The van der Waals surface area contributed by atoms with Crippen molar-refractivity contribution in [3.63, 3.8) is 0 Å². The fraction of sp³-hybridized carbons (Fsp3) is 0.324. The highest BCUT2D eigenvalue weighted by Gasteiger charge is 2.44. The Bertz CT molecular complexity index is 1610. The van der Waals surface area contributed by atoms with Crippen molar-refractivity contribution < 1.29 is 57.0 Å². The monoisotopic (exact) mass is 636 g/mol. The molecule has 3 atom stereocenters. The van der Waals surface area contributed by atoms with E-state index in [1.165, 1.54) is 55.8 Å². The van der Waals surface area contributed by atoms with E-state index in [-0.39, 0.29) is 6.42 Å². The SMILES string of the molecule is COC(=O)C(Cc1ccc(OC)c(OC)c1)OC(=O)/C=C/c1ccc(OC)c2c1C(C(=O)OC)C(c1ccc(OC)c(OC)c1)O2. The largest absolute Gasteiger partial charge is 0.493 e. The number of ether oxygens (including phenoxy) is 9. The first-order valence-electron chi connectivity index (χ1n) is 14.1. The molecule has 0 saturated heterocycles. The van der Waals surface area contributed by atoms with Crippen molar-refractivity contribution in [1.82, 2.24) is 0 Å². The highest BCUT2D eigenvalue weighted by molar-refractivity contribution is 5.91. The van der Waals surface area contributed by atoms with Crippen LogP contribution >= 0.6 is 0 Å². The summed E-state index contributed by atoms with van der Waals surface area (Å²) in [4.78, 5) is 38.9. The van der Waals surface area contributed by atoms with Crippen LogP contribution in [0, 0.1) is 0 Å². The third kappa shape index (κ3) is 6.96. The smallest absolute Gasteiger partial charge is 0.347 e. The second kappa shape index (κ2) is 15.1. The van der Waals surface area contributed by atoms with Gasteiger partial charge in [0.05, 0.1) is 49.8 Å². The lowest BCUT2D eigenvalue weighted by Crippen LogP contribution is -2.30. The van der Waals surface area contributed by atoms with Gasteiger partial charge in [-0.15, -0.1) is 0 Å². The van der Waals surface area contributed by atoms with Gasteiger partial charge in [-0.2, -0.15) is 0 Å². The van der Waals surface area contributed by atoms with E-state index in [0.717, 1.165) is 6.08 Å². The second-order valence-electron chi connectivity index (χ2n) is 9.93. The molecule has 3 unspecified atom stereocenters. The molecule has 3 aromatic carbocycles. The summed E-state index contributed by atoms with van der Waals surface area (Å²) in [6, 6.07) is 13.6. The molecule has 4 rings (SSSR count). The summed E-state index contributed by atoms with van der Waals surface area (Å²) < 4.78 is 48.8. The summed E-state index contributed by atoms with van der Waals surface area (Å²) in [6.07, 6.45) is 0.590. The topological polar surface area (TPSA) is 134 Å². The zero-order chi connectivity index (χ0) is 33.4. The van der Waals surface area contributed by atoms with E-state index >= 15 is 0 Å². The van der Waals surface area contributed by atoms with E-state index in [1.54, 1.807) is 48.5 Å². The average molecular weight is 637 g/mol. The number of hydrogen-bond donors (Lipinski definition) is 0. The molecule has 1 aliphatic rings. The Morgan fingerprint density at radius 2 is 1.35 bits per heavy atom. The summed E-state index contributed by atoms with van der Waals surface area (Å²) in [7, 11) is 10.00. The van der Waals surface area contributed by atoms with Crippen LogP contribution < -0.4 is 28.4 Å². The lowest BCUT2D eigenvalue weighted by atomic mass is 9.87. The molecule has 3 aromatic rings. The molecule has 0 aliphatic carbocycles. The van der Waals surface area contributed by atoms with E-state index in [0.29, 0.717) is 56.8 Å². The second-order valence-corrected chi connectivity index (χ2v) is 9.93. The first-order valence-corrected chi connectivity index (χ1v) is 14.1. The minimum absolute atomic E-state index is 0.0236.